The lowest BCUT2D eigenvalue weighted by Crippen LogP contribution is -2.46. The summed E-state index contributed by atoms with van der Waals surface area (Å²) in [6, 6.07) is 1.84. The van der Waals surface area contributed by atoms with E-state index in [1.165, 1.54) is 7.11 Å². The van der Waals surface area contributed by atoms with E-state index in [2.05, 4.69) is 0 Å². The zero-order chi connectivity index (χ0) is 11.3. The maximum absolute atomic E-state index is 11.6. The third kappa shape index (κ3) is 2.35. The predicted molar refractivity (Wildman–Crippen MR) is 50.6 cm³/mol. The molecule has 0 aromatic heterocycles. The molecule has 82 valence electrons. The minimum atomic E-state index is -1.56. The third-order valence-electron chi connectivity index (χ3n) is 2.03. The van der Waals surface area contributed by atoms with E-state index in [4.69, 9.17) is 19.5 Å². The molecular weight excluding hydrogens is 198 g/mol. The van der Waals surface area contributed by atoms with E-state index in [1.54, 1.807) is 19.1 Å². The fraction of sp³-hybridized carbons (Fsp3) is 0.600. The number of ether oxygens (including phenoxy) is 3. The van der Waals surface area contributed by atoms with Gasteiger partial charge in [0.1, 0.15) is 6.07 Å². The van der Waals surface area contributed by atoms with Gasteiger partial charge >= 0.3 is 5.97 Å². The van der Waals surface area contributed by atoms with Crippen molar-refractivity contribution in [2.24, 2.45) is 0 Å². The van der Waals surface area contributed by atoms with Gasteiger partial charge in [0.05, 0.1) is 6.61 Å². The maximum Gasteiger partial charge on any atom is 0.353 e. The molecule has 0 fully saturated rings. The van der Waals surface area contributed by atoms with Crippen LogP contribution in [0.25, 0.3) is 0 Å². The summed E-state index contributed by atoms with van der Waals surface area (Å²) in [5.41, 5.74) is -1.56. The van der Waals surface area contributed by atoms with Gasteiger partial charge in [0.2, 0.25) is 0 Å². The summed E-state index contributed by atoms with van der Waals surface area (Å²) >= 11 is 0. The molecule has 2 unspecified atom stereocenters. The number of rotatable bonds is 3. The standard InChI is InChI=1S/C10H13NO4/c1-3-14-9(12)10(7-11)6-4-5-8(13-2)15-10/h4-5,8H,3,6H2,1-2H3. The fourth-order valence-corrected chi connectivity index (χ4v) is 1.25. The molecule has 0 bridgehead atoms. The Hall–Kier alpha value is -1.38. The van der Waals surface area contributed by atoms with Gasteiger partial charge in [0.25, 0.3) is 5.60 Å². The molecule has 1 heterocycles. The van der Waals surface area contributed by atoms with E-state index in [1.807, 2.05) is 6.07 Å². The van der Waals surface area contributed by atoms with E-state index >= 15 is 0 Å². The van der Waals surface area contributed by atoms with Crippen molar-refractivity contribution in [3.8, 4) is 6.07 Å². The summed E-state index contributed by atoms with van der Waals surface area (Å²) in [5, 5.41) is 8.99. The highest BCUT2D eigenvalue weighted by Crippen LogP contribution is 2.25. The van der Waals surface area contributed by atoms with Gasteiger partial charge in [-0.1, -0.05) is 6.08 Å². The Morgan fingerprint density at radius 1 is 1.80 bits per heavy atom. The van der Waals surface area contributed by atoms with Gasteiger partial charge in [-0.3, -0.25) is 0 Å². The van der Waals surface area contributed by atoms with Crippen molar-refractivity contribution in [3.05, 3.63) is 12.2 Å². The molecule has 0 aliphatic carbocycles. The maximum atomic E-state index is 11.6. The normalized spacial score (nSPS) is 29.5. The molecule has 5 nitrogen and oxygen atoms in total. The first-order valence-corrected chi connectivity index (χ1v) is 4.64. The average Bonchev–Trinajstić information content (AvgIpc) is 2.29. The van der Waals surface area contributed by atoms with Crippen LogP contribution in [-0.4, -0.2) is 31.6 Å². The lowest BCUT2D eigenvalue weighted by molar-refractivity contribution is -0.194. The molecule has 0 N–H and O–H groups in total. The molecule has 0 amide bonds. The first-order valence-electron chi connectivity index (χ1n) is 4.64. The van der Waals surface area contributed by atoms with E-state index in [0.29, 0.717) is 0 Å². The molecule has 1 aliphatic rings. The van der Waals surface area contributed by atoms with Crippen molar-refractivity contribution in [2.75, 3.05) is 13.7 Å². The van der Waals surface area contributed by atoms with Crippen LogP contribution in [-0.2, 0) is 19.0 Å². The van der Waals surface area contributed by atoms with Gasteiger partial charge in [0.15, 0.2) is 6.29 Å². The molecule has 0 saturated heterocycles. The van der Waals surface area contributed by atoms with Gasteiger partial charge in [-0.25, -0.2) is 4.79 Å². The number of esters is 1. The Morgan fingerprint density at radius 2 is 2.53 bits per heavy atom. The average molecular weight is 211 g/mol. The third-order valence-corrected chi connectivity index (χ3v) is 2.03. The smallest absolute Gasteiger partial charge is 0.353 e. The van der Waals surface area contributed by atoms with Crippen LogP contribution >= 0.6 is 0 Å². The van der Waals surface area contributed by atoms with Crippen molar-refractivity contribution in [1.82, 2.24) is 0 Å². The minimum absolute atomic E-state index is 0.183. The number of hydrogen-bond donors (Lipinski definition) is 0. The predicted octanol–water partition coefficient (Wildman–Crippen LogP) is 0.761. The molecule has 15 heavy (non-hydrogen) atoms. The van der Waals surface area contributed by atoms with E-state index < -0.39 is 17.9 Å². The van der Waals surface area contributed by atoms with Crippen molar-refractivity contribution in [1.29, 1.82) is 5.26 Å². The second kappa shape index (κ2) is 4.91. The lowest BCUT2D eigenvalue weighted by Gasteiger charge is -2.29. The highest BCUT2D eigenvalue weighted by Gasteiger charge is 2.44. The van der Waals surface area contributed by atoms with Crippen molar-refractivity contribution < 1.29 is 19.0 Å². The summed E-state index contributed by atoms with van der Waals surface area (Å²) in [5.74, 6) is -0.668. The molecule has 1 aliphatic heterocycles. The van der Waals surface area contributed by atoms with Crippen LogP contribution < -0.4 is 0 Å². The minimum Gasteiger partial charge on any atom is -0.463 e. The van der Waals surface area contributed by atoms with Crippen molar-refractivity contribution in [2.45, 2.75) is 25.2 Å². The number of nitriles is 1. The lowest BCUT2D eigenvalue weighted by atomic mass is 9.99. The topological polar surface area (TPSA) is 68.6 Å². The monoisotopic (exact) mass is 211 g/mol. The molecule has 1 rings (SSSR count). The van der Waals surface area contributed by atoms with E-state index in [-0.39, 0.29) is 13.0 Å². The van der Waals surface area contributed by atoms with Crippen LogP contribution in [0, 0.1) is 11.3 Å². The molecule has 2 atom stereocenters. The van der Waals surface area contributed by atoms with E-state index in [0.717, 1.165) is 0 Å². The highest BCUT2D eigenvalue weighted by molar-refractivity contribution is 5.83. The molecule has 0 saturated carbocycles. The van der Waals surface area contributed by atoms with Gasteiger partial charge in [-0.2, -0.15) is 5.26 Å². The second-order valence-corrected chi connectivity index (χ2v) is 3.01. The fourth-order valence-electron chi connectivity index (χ4n) is 1.25. The summed E-state index contributed by atoms with van der Waals surface area (Å²) in [6.45, 7) is 1.89. The molecule has 0 radical (unpaired) electrons. The first-order chi connectivity index (χ1) is 7.18. The van der Waals surface area contributed by atoms with Crippen molar-refractivity contribution >= 4 is 5.97 Å². The van der Waals surface area contributed by atoms with Crippen LogP contribution in [0.1, 0.15) is 13.3 Å². The van der Waals surface area contributed by atoms with Crippen LogP contribution in [0.5, 0.6) is 0 Å². The van der Waals surface area contributed by atoms with E-state index in [9.17, 15) is 4.79 Å². The summed E-state index contributed by atoms with van der Waals surface area (Å²) < 4.78 is 14.9. The molecule has 5 heteroatoms. The summed E-state index contributed by atoms with van der Waals surface area (Å²) in [4.78, 5) is 11.6. The van der Waals surface area contributed by atoms with Crippen molar-refractivity contribution in [3.63, 3.8) is 0 Å². The van der Waals surface area contributed by atoms with Gasteiger partial charge < -0.3 is 14.2 Å². The number of carbonyl (C=O) groups excluding carboxylic acids is 1. The van der Waals surface area contributed by atoms with Gasteiger partial charge in [0, 0.05) is 13.5 Å². The molecule has 0 aromatic rings. The quantitative estimate of drug-likeness (QED) is 0.509. The van der Waals surface area contributed by atoms with Crippen LogP contribution in [0.2, 0.25) is 0 Å². The highest BCUT2D eigenvalue weighted by atomic mass is 16.7. The van der Waals surface area contributed by atoms with Gasteiger partial charge in [-0.15, -0.1) is 0 Å². The number of nitrogens with zero attached hydrogens (tertiary/aromatic N) is 1. The zero-order valence-corrected chi connectivity index (χ0v) is 8.73. The van der Waals surface area contributed by atoms with Crippen LogP contribution in [0.3, 0.4) is 0 Å². The summed E-state index contributed by atoms with van der Waals surface area (Å²) in [6.07, 6.45) is 2.83. The Labute approximate surface area is 88.2 Å². The summed E-state index contributed by atoms with van der Waals surface area (Å²) in [7, 11) is 1.44. The number of hydrogen-bond acceptors (Lipinski definition) is 5. The Kier molecular flexibility index (Phi) is 3.83. The van der Waals surface area contributed by atoms with Gasteiger partial charge in [-0.05, 0) is 13.0 Å². The largest absolute Gasteiger partial charge is 0.463 e. The van der Waals surface area contributed by atoms with Crippen LogP contribution in [0.15, 0.2) is 12.2 Å². The number of methoxy groups -OCH3 is 1. The second-order valence-electron chi connectivity index (χ2n) is 3.01. The molecular formula is C10H13NO4. The Bertz CT molecular complexity index is 307. The zero-order valence-electron chi connectivity index (χ0n) is 8.73. The molecule has 0 spiro atoms. The number of carbonyl (C=O) groups is 1. The van der Waals surface area contributed by atoms with Crippen LogP contribution in [0.4, 0.5) is 0 Å². The Morgan fingerprint density at radius 3 is 3.07 bits per heavy atom. The first kappa shape index (κ1) is 11.7. The molecule has 0 aromatic carbocycles. The Balaban J connectivity index is 2.83. The SMILES string of the molecule is CCOC(=O)C1(C#N)CC=CC(OC)O1.